The van der Waals surface area contributed by atoms with Gasteiger partial charge in [-0.15, -0.1) is 11.3 Å². The summed E-state index contributed by atoms with van der Waals surface area (Å²) in [5, 5.41) is 2.72. The van der Waals surface area contributed by atoms with Crippen LogP contribution in [0.25, 0.3) is 0 Å². The summed E-state index contributed by atoms with van der Waals surface area (Å²) >= 11 is 7.02. The number of benzene rings is 1. The molecule has 1 heterocycles. The molecule has 20 heavy (non-hydrogen) atoms. The number of halogens is 1. The van der Waals surface area contributed by atoms with Gasteiger partial charge in [-0.1, -0.05) is 35.6 Å². The predicted molar refractivity (Wildman–Crippen MR) is 81.5 cm³/mol. The maximum absolute atomic E-state index is 11.7. The fourth-order valence-electron chi connectivity index (χ4n) is 1.54. The first-order valence-corrected chi connectivity index (χ1v) is 7.05. The molecule has 0 aliphatic heterocycles. The number of hydrogen-bond donors (Lipinski definition) is 1. The average Bonchev–Trinajstić information content (AvgIpc) is 2.90. The SMILES string of the molecule is COc1ccccc1C#CCNC(=O)c1ccc(Cl)s1. The van der Waals surface area contributed by atoms with E-state index in [4.69, 9.17) is 16.3 Å². The van der Waals surface area contributed by atoms with Gasteiger partial charge in [0.2, 0.25) is 0 Å². The molecule has 0 saturated heterocycles. The van der Waals surface area contributed by atoms with Gasteiger partial charge < -0.3 is 10.1 Å². The molecule has 0 atom stereocenters. The average molecular weight is 306 g/mol. The quantitative estimate of drug-likeness (QED) is 0.885. The van der Waals surface area contributed by atoms with Crippen LogP contribution in [0.2, 0.25) is 4.34 Å². The molecule has 5 heteroatoms. The number of ether oxygens (including phenoxy) is 1. The van der Waals surface area contributed by atoms with Crippen LogP contribution in [0.4, 0.5) is 0 Å². The van der Waals surface area contributed by atoms with Crippen LogP contribution in [0.3, 0.4) is 0 Å². The van der Waals surface area contributed by atoms with E-state index in [0.717, 1.165) is 11.3 Å². The van der Waals surface area contributed by atoms with E-state index in [1.54, 1.807) is 19.2 Å². The Balaban J connectivity index is 1.93. The van der Waals surface area contributed by atoms with Gasteiger partial charge in [-0.05, 0) is 24.3 Å². The molecule has 1 aromatic carbocycles. The number of carbonyl (C=O) groups excluding carboxylic acids is 1. The van der Waals surface area contributed by atoms with Gasteiger partial charge in [0.1, 0.15) is 5.75 Å². The van der Waals surface area contributed by atoms with Crippen molar-refractivity contribution in [3.05, 3.63) is 51.2 Å². The molecule has 0 unspecified atom stereocenters. The van der Waals surface area contributed by atoms with E-state index in [0.29, 0.717) is 9.21 Å². The van der Waals surface area contributed by atoms with Gasteiger partial charge in [0.25, 0.3) is 5.91 Å². The number of amides is 1. The van der Waals surface area contributed by atoms with Gasteiger partial charge in [0.15, 0.2) is 0 Å². The molecule has 3 nitrogen and oxygen atoms in total. The third-order valence-electron chi connectivity index (χ3n) is 2.46. The van der Waals surface area contributed by atoms with Crippen molar-refractivity contribution in [2.45, 2.75) is 0 Å². The van der Waals surface area contributed by atoms with E-state index in [9.17, 15) is 4.79 Å². The van der Waals surface area contributed by atoms with E-state index in [-0.39, 0.29) is 12.5 Å². The van der Waals surface area contributed by atoms with Crippen LogP contribution in [0.5, 0.6) is 5.75 Å². The molecule has 102 valence electrons. The third-order valence-corrected chi connectivity index (χ3v) is 3.69. The number of nitrogens with one attached hydrogen (secondary N) is 1. The number of carbonyl (C=O) groups is 1. The molecule has 2 aromatic rings. The smallest absolute Gasteiger partial charge is 0.262 e. The Kier molecular flexibility index (Phi) is 5.05. The van der Waals surface area contributed by atoms with Gasteiger partial charge in [0.05, 0.1) is 28.4 Å². The van der Waals surface area contributed by atoms with Gasteiger partial charge >= 0.3 is 0 Å². The van der Waals surface area contributed by atoms with Crippen molar-refractivity contribution in [2.75, 3.05) is 13.7 Å². The molecule has 0 bridgehead atoms. The maximum Gasteiger partial charge on any atom is 0.262 e. The third kappa shape index (κ3) is 3.77. The van der Waals surface area contributed by atoms with Gasteiger partial charge in [0, 0.05) is 0 Å². The number of methoxy groups -OCH3 is 1. The standard InChI is InChI=1S/C15H12ClNO2S/c1-19-12-7-3-2-5-11(12)6-4-10-17-15(18)13-8-9-14(16)20-13/h2-3,5,7-9H,10H2,1H3,(H,17,18). The molecule has 0 aliphatic carbocycles. The molecule has 0 radical (unpaired) electrons. The van der Waals surface area contributed by atoms with E-state index >= 15 is 0 Å². The first-order valence-electron chi connectivity index (χ1n) is 5.86. The lowest BCUT2D eigenvalue weighted by Crippen LogP contribution is -2.22. The van der Waals surface area contributed by atoms with Crippen LogP contribution in [0.1, 0.15) is 15.2 Å². The fourth-order valence-corrected chi connectivity index (χ4v) is 2.49. The van der Waals surface area contributed by atoms with Gasteiger partial charge in [-0.3, -0.25) is 4.79 Å². The Morgan fingerprint density at radius 1 is 1.35 bits per heavy atom. The van der Waals surface area contributed by atoms with E-state index in [2.05, 4.69) is 17.2 Å². The first-order chi connectivity index (χ1) is 9.70. The van der Waals surface area contributed by atoms with Crippen LogP contribution in [0.15, 0.2) is 36.4 Å². The molecule has 2 rings (SSSR count). The molecule has 0 aliphatic rings. The van der Waals surface area contributed by atoms with Crippen LogP contribution >= 0.6 is 22.9 Å². The zero-order valence-corrected chi connectivity index (χ0v) is 12.3. The molecular weight excluding hydrogens is 294 g/mol. The monoisotopic (exact) mass is 305 g/mol. The molecule has 1 amide bonds. The lowest BCUT2D eigenvalue weighted by Gasteiger charge is -2.01. The van der Waals surface area contributed by atoms with Gasteiger partial charge in [-0.2, -0.15) is 0 Å². The van der Waals surface area contributed by atoms with Crippen LogP contribution < -0.4 is 10.1 Å². The Morgan fingerprint density at radius 3 is 2.85 bits per heavy atom. The highest BCUT2D eigenvalue weighted by molar-refractivity contribution is 7.17. The second kappa shape index (κ2) is 6.99. The Bertz CT molecular complexity index is 670. The van der Waals surface area contributed by atoms with E-state index in [1.165, 1.54) is 11.3 Å². The van der Waals surface area contributed by atoms with Crippen LogP contribution in [-0.4, -0.2) is 19.6 Å². The summed E-state index contributed by atoms with van der Waals surface area (Å²) in [5.74, 6) is 6.41. The summed E-state index contributed by atoms with van der Waals surface area (Å²) in [5.41, 5.74) is 0.795. The fraction of sp³-hybridized carbons (Fsp3) is 0.133. The molecular formula is C15H12ClNO2S. The second-order valence-corrected chi connectivity index (χ2v) is 5.50. The summed E-state index contributed by atoms with van der Waals surface area (Å²) in [7, 11) is 1.60. The minimum Gasteiger partial charge on any atom is -0.495 e. The largest absolute Gasteiger partial charge is 0.495 e. The highest BCUT2D eigenvalue weighted by atomic mass is 35.5. The molecule has 1 N–H and O–H groups in total. The highest BCUT2D eigenvalue weighted by Crippen LogP contribution is 2.21. The lowest BCUT2D eigenvalue weighted by molar-refractivity contribution is 0.0962. The van der Waals surface area contributed by atoms with Crippen molar-refractivity contribution in [1.82, 2.24) is 5.32 Å². The Hall–Kier alpha value is -1.96. The van der Waals surface area contributed by atoms with E-state index < -0.39 is 0 Å². The van der Waals surface area contributed by atoms with Crippen LogP contribution in [0, 0.1) is 11.8 Å². The lowest BCUT2D eigenvalue weighted by atomic mass is 10.2. The summed E-state index contributed by atoms with van der Waals surface area (Å²) in [6, 6.07) is 10.9. The maximum atomic E-state index is 11.7. The number of rotatable bonds is 3. The molecule has 0 spiro atoms. The Labute approximate surface area is 126 Å². The summed E-state index contributed by atoms with van der Waals surface area (Å²) < 4.78 is 5.79. The number of para-hydroxylation sites is 1. The summed E-state index contributed by atoms with van der Waals surface area (Å²) in [6.07, 6.45) is 0. The van der Waals surface area contributed by atoms with Crippen molar-refractivity contribution in [2.24, 2.45) is 0 Å². The van der Waals surface area contributed by atoms with Crippen molar-refractivity contribution < 1.29 is 9.53 Å². The minimum atomic E-state index is -0.170. The first kappa shape index (κ1) is 14.4. The van der Waals surface area contributed by atoms with Crippen LogP contribution in [-0.2, 0) is 0 Å². The number of hydrogen-bond acceptors (Lipinski definition) is 3. The van der Waals surface area contributed by atoms with Crippen molar-refractivity contribution in [3.8, 4) is 17.6 Å². The van der Waals surface area contributed by atoms with Crippen molar-refractivity contribution >= 4 is 28.8 Å². The Morgan fingerprint density at radius 2 is 2.15 bits per heavy atom. The van der Waals surface area contributed by atoms with Crippen molar-refractivity contribution in [3.63, 3.8) is 0 Å². The molecule has 0 saturated carbocycles. The van der Waals surface area contributed by atoms with Crippen molar-refractivity contribution in [1.29, 1.82) is 0 Å². The zero-order valence-electron chi connectivity index (χ0n) is 10.8. The minimum absolute atomic E-state index is 0.170. The molecule has 1 aromatic heterocycles. The number of thiophene rings is 1. The second-order valence-electron chi connectivity index (χ2n) is 3.79. The summed E-state index contributed by atoms with van der Waals surface area (Å²) in [6.45, 7) is 0.270. The van der Waals surface area contributed by atoms with E-state index in [1.807, 2.05) is 24.3 Å². The topological polar surface area (TPSA) is 38.3 Å². The highest BCUT2D eigenvalue weighted by Gasteiger charge is 2.06. The predicted octanol–water partition coefficient (Wildman–Crippen LogP) is 3.19. The van der Waals surface area contributed by atoms with Gasteiger partial charge in [-0.25, -0.2) is 0 Å². The molecule has 0 fully saturated rings. The normalized spacial score (nSPS) is 9.50. The summed E-state index contributed by atoms with van der Waals surface area (Å²) in [4.78, 5) is 12.3. The zero-order chi connectivity index (χ0) is 14.4.